The van der Waals surface area contributed by atoms with Crippen LogP contribution in [-0.4, -0.2) is 40.1 Å². The topological polar surface area (TPSA) is 75.7 Å². The maximum Gasteiger partial charge on any atom is 0.264 e. The summed E-state index contributed by atoms with van der Waals surface area (Å²) in [6, 6.07) is 15.6. The van der Waals surface area contributed by atoms with Gasteiger partial charge in [-0.25, -0.2) is 8.42 Å². The van der Waals surface area contributed by atoms with E-state index in [2.05, 4.69) is 5.32 Å². The summed E-state index contributed by atoms with van der Waals surface area (Å²) < 4.78 is 33.9. The summed E-state index contributed by atoms with van der Waals surface area (Å²) in [6.45, 7) is 2.77. The molecule has 1 amide bonds. The van der Waals surface area contributed by atoms with Crippen LogP contribution < -0.4 is 9.62 Å². The fourth-order valence-electron chi connectivity index (χ4n) is 4.04. The van der Waals surface area contributed by atoms with Crippen molar-refractivity contribution in [1.29, 1.82) is 0 Å². The number of amides is 1. The molecule has 6 nitrogen and oxygen atoms in total. The number of ether oxygens (including phenoxy) is 1. The van der Waals surface area contributed by atoms with Gasteiger partial charge in [0.1, 0.15) is 6.54 Å². The number of anilines is 1. The van der Waals surface area contributed by atoms with E-state index < -0.39 is 10.0 Å². The third-order valence-corrected chi connectivity index (χ3v) is 7.58. The van der Waals surface area contributed by atoms with Crippen molar-refractivity contribution in [2.75, 3.05) is 24.0 Å². The lowest BCUT2D eigenvalue weighted by atomic mass is 9.98. The number of para-hydroxylation sites is 1. The maximum absolute atomic E-state index is 13.4. The van der Waals surface area contributed by atoms with Gasteiger partial charge in [0.25, 0.3) is 10.0 Å². The number of nitrogens with one attached hydrogen (secondary N) is 1. The second-order valence-corrected chi connectivity index (χ2v) is 10.0. The van der Waals surface area contributed by atoms with Gasteiger partial charge in [-0.3, -0.25) is 9.10 Å². The summed E-state index contributed by atoms with van der Waals surface area (Å²) in [7, 11) is -3.88. The fraction of sp³-hybridized carbons (Fsp3) is 0.480. The van der Waals surface area contributed by atoms with Gasteiger partial charge in [-0.05, 0) is 49.4 Å². The van der Waals surface area contributed by atoms with E-state index >= 15 is 0 Å². The molecule has 1 N–H and O–H groups in total. The standard InChI is InChI=1S/C25H34N2O4S/c1-2-21-12-9-10-17-24(21)27(32(29,30)23-15-7-4-8-16-23)20-25(28)26-18-11-19-31-22-13-5-3-6-14-22/h4,7-10,12,15-17,22H,2-3,5-6,11,13-14,18-20H2,1H3,(H,26,28). The van der Waals surface area contributed by atoms with Crippen LogP contribution in [0.15, 0.2) is 59.5 Å². The van der Waals surface area contributed by atoms with Crippen molar-refractivity contribution in [2.45, 2.75) is 62.9 Å². The number of nitrogens with zero attached hydrogens (tertiary/aromatic N) is 1. The highest BCUT2D eigenvalue weighted by molar-refractivity contribution is 7.92. The average molecular weight is 459 g/mol. The van der Waals surface area contributed by atoms with E-state index in [0.717, 1.165) is 18.4 Å². The Kier molecular flexibility index (Phi) is 9.11. The first-order valence-electron chi connectivity index (χ1n) is 11.6. The predicted molar refractivity (Wildman–Crippen MR) is 127 cm³/mol. The Bertz CT molecular complexity index is 957. The van der Waals surface area contributed by atoms with E-state index in [1.807, 2.05) is 19.1 Å². The van der Waals surface area contributed by atoms with Crippen molar-refractivity contribution < 1.29 is 17.9 Å². The lowest BCUT2D eigenvalue weighted by Gasteiger charge is -2.26. The number of hydrogen-bond acceptors (Lipinski definition) is 4. The quantitative estimate of drug-likeness (QED) is 0.510. The van der Waals surface area contributed by atoms with Crippen LogP contribution in [0.3, 0.4) is 0 Å². The van der Waals surface area contributed by atoms with Crippen molar-refractivity contribution in [2.24, 2.45) is 0 Å². The first-order valence-corrected chi connectivity index (χ1v) is 13.0. The largest absolute Gasteiger partial charge is 0.378 e. The lowest BCUT2D eigenvalue weighted by molar-refractivity contribution is -0.119. The van der Waals surface area contributed by atoms with Crippen LogP contribution in [-0.2, 0) is 26.0 Å². The second kappa shape index (κ2) is 12.0. The summed E-state index contributed by atoms with van der Waals surface area (Å²) in [6.07, 6.45) is 7.70. The molecule has 32 heavy (non-hydrogen) atoms. The van der Waals surface area contributed by atoms with Crippen LogP contribution in [0.25, 0.3) is 0 Å². The normalized spacial score (nSPS) is 14.8. The average Bonchev–Trinajstić information content (AvgIpc) is 2.83. The molecule has 0 heterocycles. The molecule has 0 radical (unpaired) electrons. The zero-order valence-electron chi connectivity index (χ0n) is 18.8. The molecular weight excluding hydrogens is 424 g/mol. The molecule has 7 heteroatoms. The summed E-state index contributed by atoms with van der Waals surface area (Å²) in [5.41, 5.74) is 1.41. The van der Waals surface area contributed by atoms with Crippen molar-refractivity contribution in [3.63, 3.8) is 0 Å². The predicted octanol–water partition coefficient (Wildman–Crippen LogP) is 4.30. The Morgan fingerprint density at radius 1 is 1.03 bits per heavy atom. The van der Waals surface area contributed by atoms with Gasteiger partial charge in [-0.1, -0.05) is 62.6 Å². The molecule has 0 unspecified atom stereocenters. The second-order valence-electron chi connectivity index (χ2n) is 8.14. The molecule has 1 aliphatic rings. The van der Waals surface area contributed by atoms with Gasteiger partial charge in [-0.15, -0.1) is 0 Å². The molecule has 0 bridgehead atoms. The molecule has 0 aromatic heterocycles. The molecule has 0 atom stereocenters. The van der Waals surface area contributed by atoms with Crippen molar-refractivity contribution in [1.82, 2.24) is 5.32 Å². The van der Waals surface area contributed by atoms with Crippen molar-refractivity contribution >= 4 is 21.6 Å². The van der Waals surface area contributed by atoms with Crippen molar-refractivity contribution in [3.8, 4) is 0 Å². The summed E-state index contributed by atoms with van der Waals surface area (Å²) >= 11 is 0. The van der Waals surface area contributed by atoms with E-state index in [4.69, 9.17) is 4.74 Å². The van der Waals surface area contributed by atoms with Crippen LogP contribution in [0.2, 0.25) is 0 Å². The number of benzene rings is 2. The minimum Gasteiger partial charge on any atom is -0.378 e. The number of hydrogen-bond donors (Lipinski definition) is 1. The van der Waals surface area contributed by atoms with Gasteiger partial charge >= 0.3 is 0 Å². The van der Waals surface area contributed by atoms with E-state index in [-0.39, 0.29) is 17.3 Å². The Hall–Kier alpha value is -2.38. The van der Waals surface area contributed by atoms with Crippen LogP contribution in [0, 0.1) is 0 Å². The number of carbonyl (C=O) groups is 1. The molecule has 1 aliphatic carbocycles. The van der Waals surface area contributed by atoms with Crippen molar-refractivity contribution in [3.05, 3.63) is 60.2 Å². The van der Waals surface area contributed by atoms with E-state index in [1.165, 1.54) is 23.6 Å². The van der Waals surface area contributed by atoms with E-state index in [9.17, 15) is 13.2 Å². The van der Waals surface area contributed by atoms with E-state index in [0.29, 0.717) is 37.8 Å². The third kappa shape index (κ3) is 6.56. The van der Waals surface area contributed by atoms with Gasteiger partial charge in [0, 0.05) is 13.2 Å². The van der Waals surface area contributed by atoms with Gasteiger partial charge < -0.3 is 10.1 Å². The molecule has 174 valence electrons. The van der Waals surface area contributed by atoms with Crippen LogP contribution >= 0.6 is 0 Å². The number of sulfonamides is 1. The van der Waals surface area contributed by atoms with Gasteiger partial charge in [0.15, 0.2) is 0 Å². The molecule has 3 rings (SSSR count). The van der Waals surface area contributed by atoms with E-state index in [1.54, 1.807) is 42.5 Å². The SMILES string of the molecule is CCc1ccccc1N(CC(=O)NCCCOC1CCCCC1)S(=O)(=O)c1ccccc1. The Morgan fingerprint density at radius 2 is 1.72 bits per heavy atom. The molecule has 0 saturated heterocycles. The van der Waals surface area contributed by atoms with Crippen LogP contribution in [0.4, 0.5) is 5.69 Å². The van der Waals surface area contributed by atoms with Gasteiger partial charge in [0.2, 0.25) is 5.91 Å². The molecule has 1 fully saturated rings. The molecule has 1 saturated carbocycles. The fourth-order valence-corrected chi connectivity index (χ4v) is 5.52. The highest BCUT2D eigenvalue weighted by atomic mass is 32.2. The maximum atomic E-state index is 13.4. The first-order chi connectivity index (χ1) is 15.5. The third-order valence-electron chi connectivity index (χ3n) is 5.81. The van der Waals surface area contributed by atoms with Gasteiger partial charge in [0.05, 0.1) is 16.7 Å². The number of aryl methyl sites for hydroxylation is 1. The summed E-state index contributed by atoms with van der Waals surface area (Å²) in [5.74, 6) is -0.326. The van der Waals surface area contributed by atoms with Crippen LogP contribution in [0.5, 0.6) is 0 Å². The highest BCUT2D eigenvalue weighted by Crippen LogP contribution is 2.27. The first kappa shape index (κ1) is 24.3. The minimum absolute atomic E-state index is 0.166. The molecule has 2 aromatic rings. The molecule has 0 spiro atoms. The molecule has 2 aromatic carbocycles. The minimum atomic E-state index is -3.88. The Labute approximate surface area is 192 Å². The Balaban J connectivity index is 1.64. The molecule has 0 aliphatic heterocycles. The van der Waals surface area contributed by atoms with Crippen LogP contribution in [0.1, 0.15) is 51.0 Å². The van der Waals surface area contributed by atoms with Gasteiger partial charge in [-0.2, -0.15) is 0 Å². The lowest BCUT2D eigenvalue weighted by Crippen LogP contribution is -2.41. The zero-order valence-corrected chi connectivity index (χ0v) is 19.6. The molecular formula is C25H34N2O4S. The summed E-state index contributed by atoms with van der Waals surface area (Å²) in [4.78, 5) is 12.9. The Morgan fingerprint density at radius 3 is 2.44 bits per heavy atom. The monoisotopic (exact) mass is 458 g/mol. The zero-order chi connectivity index (χ0) is 22.8. The number of carbonyl (C=O) groups excluding carboxylic acids is 1. The summed E-state index contributed by atoms with van der Waals surface area (Å²) in [5, 5.41) is 2.86. The smallest absolute Gasteiger partial charge is 0.264 e. The number of rotatable bonds is 11. The highest BCUT2D eigenvalue weighted by Gasteiger charge is 2.28.